The number of carbonyl (C=O) groups excluding carboxylic acids is 1. The molecule has 0 atom stereocenters. The molecule has 2 heterocycles. The topological polar surface area (TPSA) is 49.3 Å². The van der Waals surface area contributed by atoms with Crippen LogP contribution in [0.3, 0.4) is 0 Å². The van der Waals surface area contributed by atoms with Crippen LogP contribution in [-0.4, -0.2) is 47.0 Å². The number of benzene rings is 1. The van der Waals surface area contributed by atoms with Gasteiger partial charge in [-0.3, -0.25) is 4.79 Å². The van der Waals surface area contributed by atoms with E-state index in [1.807, 2.05) is 11.0 Å². The molecule has 0 spiro atoms. The van der Waals surface area contributed by atoms with Gasteiger partial charge in [-0.2, -0.15) is 0 Å². The Bertz CT molecular complexity index is 737. The molecule has 1 saturated heterocycles. The number of amides is 1. The molecule has 0 radical (unpaired) electrons. The smallest absolute Gasteiger partial charge is 0.272 e. The monoisotopic (exact) mass is 326 g/mol. The lowest BCUT2D eigenvalue weighted by Crippen LogP contribution is -2.49. The lowest BCUT2D eigenvalue weighted by molar-refractivity contribution is 0.0740. The van der Waals surface area contributed by atoms with E-state index in [0.29, 0.717) is 24.7 Å². The molecule has 0 unspecified atom stereocenters. The van der Waals surface area contributed by atoms with Crippen molar-refractivity contribution in [2.24, 2.45) is 0 Å². The number of piperazine rings is 1. The molecule has 124 valence electrons. The van der Waals surface area contributed by atoms with E-state index >= 15 is 0 Å². The van der Waals surface area contributed by atoms with Crippen LogP contribution in [0.2, 0.25) is 0 Å². The molecule has 2 aromatic rings. The lowest BCUT2D eigenvalue weighted by atomic mass is 10.2. The number of nitrogens with zero attached hydrogens (tertiary/aromatic N) is 4. The van der Waals surface area contributed by atoms with E-state index in [1.54, 1.807) is 12.1 Å². The number of hydrogen-bond acceptors (Lipinski definition) is 4. The molecule has 0 N–H and O–H groups in total. The first kappa shape index (κ1) is 15.1. The van der Waals surface area contributed by atoms with Crippen molar-refractivity contribution in [2.75, 3.05) is 31.1 Å². The van der Waals surface area contributed by atoms with Gasteiger partial charge in [0.2, 0.25) is 0 Å². The highest BCUT2D eigenvalue weighted by molar-refractivity contribution is 5.92. The summed E-state index contributed by atoms with van der Waals surface area (Å²) < 4.78 is 13.0. The summed E-state index contributed by atoms with van der Waals surface area (Å²) in [6.45, 7) is 2.74. The van der Waals surface area contributed by atoms with Gasteiger partial charge in [0, 0.05) is 43.5 Å². The van der Waals surface area contributed by atoms with Gasteiger partial charge in [0.15, 0.2) is 0 Å². The molecule has 4 rings (SSSR count). The van der Waals surface area contributed by atoms with Crippen LogP contribution in [0, 0.1) is 5.82 Å². The minimum atomic E-state index is -0.234. The third-order valence-electron chi connectivity index (χ3n) is 4.66. The Morgan fingerprint density at radius 1 is 1.04 bits per heavy atom. The van der Waals surface area contributed by atoms with Gasteiger partial charge in [0.25, 0.3) is 5.91 Å². The molecule has 1 aromatic carbocycles. The van der Waals surface area contributed by atoms with Crippen molar-refractivity contribution >= 4 is 11.6 Å². The van der Waals surface area contributed by atoms with Crippen LogP contribution in [0.15, 0.2) is 36.7 Å². The first-order chi connectivity index (χ1) is 11.7. The molecular formula is C18H19FN4O. The molecule has 2 aliphatic rings. The summed E-state index contributed by atoms with van der Waals surface area (Å²) in [6.07, 6.45) is 3.80. The van der Waals surface area contributed by atoms with Gasteiger partial charge in [-0.25, -0.2) is 14.4 Å². The summed E-state index contributed by atoms with van der Waals surface area (Å²) in [5, 5.41) is 0. The molecular weight excluding hydrogens is 307 g/mol. The van der Waals surface area contributed by atoms with Crippen molar-refractivity contribution in [3.63, 3.8) is 0 Å². The predicted octanol–water partition coefficient (Wildman–Crippen LogP) is 2.46. The molecule has 1 aromatic heterocycles. The molecule has 1 amide bonds. The lowest BCUT2D eigenvalue weighted by Gasteiger charge is -2.36. The Balaban J connectivity index is 1.40. The van der Waals surface area contributed by atoms with Crippen LogP contribution in [-0.2, 0) is 0 Å². The van der Waals surface area contributed by atoms with Gasteiger partial charge in [-0.05, 0) is 43.2 Å². The van der Waals surface area contributed by atoms with Crippen molar-refractivity contribution in [1.82, 2.24) is 14.9 Å². The van der Waals surface area contributed by atoms with Gasteiger partial charge in [-0.1, -0.05) is 0 Å². The molecule has 1 aliphatic heterocycles. The van der Waals surface area contributed by atoms with Crippen LogP contribution in [0.25, 0.3) is 0 Å². The van der Waals surface area contributed by atoms with Gasteiger partial charge >= 0.3 is 0 Å². The largest absolute Gasteiger partial charge is 0.368 e. The maximum Gasteiger partial charge on any atom is 0.272 e. The quantitative estimate of drug-likeness (QED) is 0.869. The molecule has 0 bridgehead atoms. The van der Waals surface area contributed by atoms with Crippen molar-refractivity contribution in [2.45, 2.75) is 18.8 Å². The zero-order valence-electron chi connectivity index (χ0n) is 13.4. The van der Waals surface area contributed by atoms with Crippen LogP contribution in [0.1, 0.15) is 34.9 Å². The average molecular weight is 326 g/mol. The number of halogens is 1. The van der Waals surface area contributed by atoms with Crippen molar-refractivity contribution in [1.29, 1.82) is 0 Å². The van der Waals surface area contributed by atoms with E-state index in [4.69, 9.17) is 0 Å². The minimum Gasteiger partial charge on any atom is -0.368 e. The van der Waals surface area contributed by atoms with Crippen molar-refractivity contribution in [3.05, 3.63) is 53.9 Å². The number of rotatable bonds is 3. The van der Waals surface area contributed by atoms with E-state index in [-0.39, 0.29) is 11.7 Å². The Kier molecular flexibility index (Phi) is 3.88. The molecule has 5 nitrogen and oxygen atoms in total. The maximum absolute atomic E-state index is 13.0. The molecule has 1 saturated carbocycles. The Morgan fingerprint density at radius 3 is 2.42 bits per heavy atom. The fraction of sp³-hybridized carbons (Fsp3) is 0.389. The zero-order valence-corrected chi connectivity index (χ0v) is 13.4. The van der Waals surface area contributed by atoms with Crippen LogP contribution < -0.4 is 4.90 Å². The SMILES string of the molecule is O=C(c1cc(C2CC2)ncn1)N1CCN(c2ccc(F)cc2)CC1. The first-order valence-electron chi connectivity index (χ1n) is 8.32. The number of anilines is 1. The summed E-state index contributed by atoms with van der Waals surface area (Å²) in [5.41, 5.74) is 2.46. The summed E-state index contributed by atoms with van der Waals surface area (Å²) in [5.74, 6) is 0.246. The third kappa shape index (κ3) is 3.09. The summed E-state index contributed by atoms with van der Waals surface area (Å²) in [7, 11) is 0. The summed E-state index contributed by atoms with van der Waals surface area (Å²) >= 11 is 0. The van der Waals surface area contributed by atoms with Gasteiger partial charge in [-0.15, -0.1) is 0 Å². The fourth-order valence-electron chi connectivity index (χ4n) is 3.07. The van der Waals surface area contributed by atoms with Gasteiger partial charge < -0.3 is 9.80 Å². The normalized spacial score (nSPS) is 17.9. The molecule has 24 heavy (non-hydrogen) atoms. The number of hydrogen-bond donors (Lipinski definition) is 0. The van der Waals surface area contributed by atoms with Crippen LogP contribution in [0.5, 0.6) is 0 Å². The second-order valence-electron chi connectivity index (χ2n) is 6.36. The Hall–Kier alpha value is -2.50. The maximum atomic E-state index is 13.0. The van der Waals surface area contributed by atoms with E-state index in [2.05, 4.69) is 14.9 Å². The van der Waals surface area contributed by atoms with Crippen molar-refractivity contribution in [3.8, 4) is 0 Å². The van der Waals surface area contributed by atoms with E-state index in [1.165, 1.54) is 18.5 Å². The third-order valence-corrected chi connectivity index (χ3v) is 4.66. The van der Waals surface area contributed by atoms with Crippen molar-refractivity contribution < 1.29 is 9.18 Å². The average Bonchev–Trinajstić information content (AvgIpc) is 3.47. The molecule has 1 aliphatic carbocycles. The first-order valence-corrected chi connectivity index (χ1v) is 8.32. The highest BCUT2D eigenvalue weighted by Crippen LogP contribution is 2.38. The second-order valence-corrected chi connectivity index (χ2v) is 6.36. The highest BCUT2D eigenvalue weighted by Gasteiger charge is 2.28. The van der Waals surface area contributed by atoms with E-state index < -0.39 is 0 Å². The predicted molar refractivity (Wildman–Crippen MR) is 88.5 cm³/mol. The van der Waals surface area contributed by atoms with Gasteiger partial charge in [0.1, 0.15) is 17.8 Å². The Morgan fingerprint density at radius 2 is 1.75 bits per heavy atom. The molecule has 2 fully saturated rings. The second kappa shape index (κ2) is 6.19. The number of carbonyl (C=O) groups is 1. The van der Waals surface area contributed by atoms with Crippen LogP contribution >= 0.6 is 0 Å². The van der Waals surface area contributed by atoms with Crippen LogP contribution in [0.4, 0.5) is 10.1 Å². The highest BCUT2D eigenvalue weighted by atomic mass is 19.1. The fourth-order valence-corrected chi connectivity index (χ4v) is 3.07. The van der Waals surface area contributed by atoms with Gasteiger partial charge in [0.05, 0.1) is 0 Å². The van der Waals surface area contributed by atoms with E-state index in [9.17, 15) is 9.18 Å². The Labute approximate surface area is 140 Å². The number of aromatic nitrogens is 2. The standard InChI is InChI=1S/C18H19FN4O/c19-14-3-5-15(6-4-14)22-7-9-23(10-8-22)18(24)17-11-16(13-1-2-13)20-12-21-17/h3-6,11-13H,1-2,7-10H2. The minimum absolute atomic E-state index is 0.0296. The van der Waals surface area contributed by atoms with E-state index in [0.717, 1.165) is 37.3 Å². The summed E-state index contributed by atoms with van der Waals surface area (Å²) in [4.78, 5) is 25.1. The molecule has 6 heteroatoms. The summed E-state index contributed by atoms with van der Waals surface area (Å²) in [6, 6.07) is 8.32. The zero-order chi connectivity index (χ0) is 16.5.